The molecule has 0 aromatic carbocycles. The van der Waals surface area contributed by atoms with Gasteiger partial charge in [0, 0.05) is 69.4 Å². The number of alkyl halides is 3. The number of hydrogen-bond donors (Lipinski definition) is 1. The number of carbonyl (C=O) groups excluding carboxylic acids is 1. The molecular formula is C25H26F3N7O2. The van der Waals surface area contributed by atoms with E-state index in [4.69, 9.17) is 4.98 Å². The molecule has 3 aromatic rings. The first-order chi connectivity index (χ1) is 17.7. The van der Waals surface area contributed by atoms with Gasteiger partial charge >= 0.3 is 6.36 Å². The summed E-state index contributed by atoms with van der Waals surface area (Å²) in [4.78, 5) is 33.5. The van der Waals surface area contributed by atoms with Gasteiger partial charge in [-0.3, -0.25) is 9.78 Å². The van der Waals surface area contributed by atoms with Gasteiger partial charge in [0.2, 0.25) is 5.91 Å². The fourth-order valence-corrected chi connectivity index (χ4v) is 4.91. The Morgan fingerprint density at radius 1 is 1.05 bits per heavy atom. The number of rotatable bonds is 5. The van der Waals surface area contributed by atoms with E-state index in [9.17, 15) is 18.0 Å². The first-order valence-corrected chi connectivity index (χ1v) is 12.0. The number of anilines is 3. The van der Waals surface area contributed by atoms with Crippen molar-refractivity contribution >= 4 is 23.4 Å². The molecule has 9 nitrogen and oxygen atoms in total. The van der Waals surface area contributed by atoms with Gasteiger partial charge in [-0.2, -0.15) is 0 Å². The highest BCUT2D eigenvalue weighted by Crippen LogP contribution is 2.41. The third-order valence-corrected chi connectivity index (χ3v) is 6.89. The van der Waals surface area contributed by atoms with Crippen LogP contribution in [0.3, 0.4) is 0 Å². The molecule has 3 aromatic heterocycles. The Labute approximate surface area is 211 Å². The number of ether oxygens (including phenoxy) is 1. The molecule has 1 amide bonds. The third-order valence-electron chi connectivity index (χ3n) is 6.89. The molecule has 5 rings (SSSR count). The van der Waals surface area contributed by atoms with E-state index < -0.39 is 6.36 Å². The Kier molecular flexibility index (Phi) is 6.57. The standard InChI is InChI=1S/C25H26F3N7O2/c1-17(36)35-12-7-24(16-35)5-10-34(11-6-24)22-14-21(32-23(33-22)18-3-2-8-29-15-18)31-20-13-19(4-9-30-20)37-25(26,27)28/h2-4,8-9,13-15H,5-7,10-12,16H2,1H3,(H,30,31,32,33). The van der Waals surface area contributed by atoms with Gasteiger partial charge in [-0.15, -0.1) is 13.2 Å². The summed E-state index contributed by atoms with van der Waals surface area (Å²) in [5, 5.41) is 2.99. The van der Waals surface area contributed by atoms with Crippen molar-refractivity contribution in [2.24, 2.45) is 5.41 Å². The first-order valence-electron chi connectivity index (χ1n) is 12.0. The second kappa shape index (κ2) is 9.83. The van der Waals surface area contributed by atoms with Crippen LogP contribution in [0.4, 0.5) is 30.6 Å². The molecule has 0 atom stereocenters. The molecule has 0 bridgehead atoms. The summed E-state index contributed by atoms with van der Waals surface area (Å²) >= 11 is 0. The number of nitrogens with zero attached hydrogens (tertiary/aromatic N) is 6. The number of nitrogens with one attached hydrogen (secondary N) is 1. The minimum atomic E-state index is -4.80. The third kappa shape index (κ3) is 5.89. The van der Waals surface area contributed by atoms with E-state index >= 15 is 0 Å². The molecule has 2 aliphatic heterocycles. The number of amides is 1. The molecule has 1 N–H and O–H groups in total. The molecule has 2 fully saturated rings. The van der Waals surface area contributed by atoms with Crippen LogP contribution in [0.2, 0.25) is 0 Å². The van der Waals surface area contributed by atoms with Crippen LogP contribution in [-0.2, 0) is 4.79 Å². The van der Waals surface area contributed by atoms with E-state index in [0.29, 0.717) is 23.0 Å². The zero-order valence-corrected chi connectivity index (χ0v) is 20.2. The Hall–Kier alpha value is -3.96. The predicted molar refractivity (Wildman–Crippen MR) is 130 cm³/mol. The van der Waals surface area contributed by atoms with Gasteiger partial charge in [-0.25, -0.2) is 15.0 Å². The molecule has 37 heavy (non-hydrogen) atoms. The van der Waals surface area contributed by atoms with Crippen LogP contribution < -0.4 is 15.0 Å². The lowest BCUT2D eigenvalue weighted by molar-refractivity contribution is -0.274. The van der Waals surface area contributed by atoms with Gasteiger partial charge in [-0.1, -0.05) is 0 Å². The fourth-order valence-electron chi connectivity index (χ4n) is 4.91. The molecule has 194 valence electrons. The van der Waals surface area contributed by atoms with Crippen molar-refractivity contribution in [3.05, 3.63) is 48.9 Å². The quantitative estimate of drug-likeness (QED) is 0.536. The monoisotopic (exact) mass is 513 g/mol. The van der Waals surface area contributed by atoms with Crippen LogP contribution in [0, 0.1) is 5.41 Å². The molecule has 0 aliphatic carbocycles. The molecular weight excluding hydrogens is 487 g/mol. The molecule has 0 unspecified atom stereocenters. The second-order valence-corrected chi connectivity index (χ2v) is 9.40. The maximum Gasteiger partial charge on any atom is 0.573 e. The van der Waals surface area contributed by atoms with Crippen LogP contribution in [0.1, 0.15) is 26.2 Å². The van der Waals surface area contributed by atoms with E-state index in [1.165, 1.54) is 6.20 Å². The molecule has 12 heteroatoms. The zero-order valence-electron chi connectivity index (χ0n) is 20.2. The summed E-state index contributed by atoms with van der Waals surface area (Å²) in [6.07, 6.45) is 2.59. The fraction of sp³-hybridized carbons (Fsp3) is 0.400. The van der Waals surface area contributed by atoms with Crippen LogP contribution in [-0.4, -0.2) is 63.3 Å². The lowest BCUT2D eigenvalue weighted by Gasteiger charge is -2.39. The van der Waals surface area contributed by atoms with E-state index in [2.05, 4.69) is 29.9 Å². The Balaban J connectivity index is 1.39. The lowest BCUT2D eigenvalue weighted by Crippen LogP contribution is -2.42. The highest BCUT2D eigenvalue weighted by Gasteiger charge is 2.41. The first kappa shape index (κ1) is 24.7. The zero-order chi connectivity index (χ0) is 26.0. The SMILES string of the molecule is CC(=O)N1CCC2(CCN(c3cc(Nc4cc(OC(F)(F)F)ccn4)nc(-c4cccnc4)n3)CC2)C1. The highest BCUT2D eigenvalue weighted by atomic mass is 19.4. The van der Waals surface area contributed by atoms with Crippen molar-refractivity contribution in [2.75, 3.05) is 36.4 Å². The number of pyridine rings is 2. The summed E-state index contributed by atoms with van der Waals surface area (Å²) in [6.45, 7) is 4.73. The second-order valence-electron chi connectivity index (χ2n) is 9.40. The maximum atomic E-state index is 12.7. The number of halogens is 3. The van der Waals surface area contributed by atoms with Crippen LogP contribution in [0.25, 0.3) is 11.4 Å². The van der Waals surface area contributed by atoms with Gasteiger partial charge in [0.05, 0.1) is 0 Å². The average molecular weight is 514 g/mol. The summed E-state index contributed by atoms with van der Waals surface area (Å²) in [6, 6.07) is 7.67. The van der Waals surface area contributed by atoms with Gasteiger partial charge in [0.1, 0.15) is 23.2 Å². The molecule has 2 aliphatic rings. The number of piperidine rings is 1. The van der Waals surface area contributed by atoms with Crippen molar-refractivity contribution in [1.82, 2.24) is 24.8 Å². The van der Waals surface area contributed by atoms with E-state index in [1.54, 1.807) is 31.5 Å². The van der Waals surface area contributed by atoms with E-state index in [0.717, 1.165) is 57.6 Å². The average Bonchev–Trinajstić information content (AvgIpc) is 3.28. The van der Waals surface area contributed by atoms with Crippen molar-refractivity contribution in [1.29, 1.82) is 0 Å². The molecule has 5 heterocycles. The molecule has 1 spiro atoms. The van der Waals surface area contributed by atoms with Crippen LogP contribution in [0.15, 0.2) is 48.9 Å². The minimum absolute atomic E-state index is 0.116. The largest absolute Gasteiger partial charge is 0.573 e. The number of carbonyl (C=O) groups is 1. The highest BCUT2D eigenvalue weighted by molar-refractivity contribution is 5.73. The van der Waals surface area contributed by atoms with Crippen LogP contribution >= 0.6 is 0 Å². The summed E-state index contributed by atoms with van der Waals surface area (Å²) in [5.74, 6) is 1.38. The lowest BCUT2D eigenvalue weighted by atomic mass is 9.78. The summed E-state index contributed by atoms with van der Waals surface area (Å²) in [7, 11) is 0. The molecule has 2 saturated heterocycles. The molecule has 0 saturated carbocycles. The Bertz CT molecular complexity index is 1260. The number of aromatic nitrogens is 4. The van der Waals surface area contributed by atoms with Gasteiger partial charge in [-0.05, 0) is 42.9 Å². The minimum Gasteiger partial charge on any atom is -0.406 e. The van der Waals surface area contributed by atoms with Crippen LogP contribution in [0.5, 0.6) is 5.75 Å². The van der Waals surface area contributed by atoms with E-state index in [-0.39, 0.29) is 22.9 Å². The summed E-state index contributed by atoms with van der Waals surface area (Å²) < 4.78 is 42.0. The smallest absolute Gasteiger partial charge is 0.406 e. The maximum absolute atomic E-state index is 12.7. The summed E-state index contributed by atoms with van der Waals surface area (Å²) in [5.41, 5.74) is 0.835. The Morgan fingerprint density at radius 2 is 1.84 bits per heavy atom. The molecule has 0 radical (unpaired) electrons. The van der Waals surface area contributed by atoms with Gasteiger partial charge in [0.25, 0.3) is 0 Å². The topological polar surface area (TPSA) is 96.4 Å². The van der Waals surface area contributed by atoms with Gasteiger partial charge in [0.15, 0.2) is 5.82 Å². The van der Waals surface area contributed by atoms with Crippen molar-refractivity contribution in [3.63, 3.8) is 0 Å². The van der Waals surface area contributed by atoms with Crippen molar-refractivity contribution in [3.8, 4) is 17.1 Å². The van der Waals surface area contributed by atoms with Crippen molar-refractivity contribution < 1.29 is 22.7 Å². The van der Waals surface area contributed by atoms with Gasteiger partial charge < -0.3 is 19.9 Å². The Morgan fingerprint density at radius 3 is 2.51 bits per heavy atom. The van der Waals surface area contributed by atoms with E-state index in [1.807, 2.05) is 11.0 Å². The number of hydrogen-bond acceptors (Lipinski definition) is 8. The normalized spacial score (nSPS) is 17.2. The predicted octanol–water partition coefficient (Wildman–Crippen LogP) is 4.41. The number of likely N-dealkylation sites (tertiary alicyclic amines) is 1. The van der Waals surface area contributed by atoms with Crippen molar-refractivity contribution in [2.45, 2.75) is 32.5 Å².